The zero-order chi connectivity index (χ0) is 8.81. The summed E-state index contributed by atoms with van der Waals surface area (Å²) in [4.78, 5) is 0. The summed E-state index contributed by atoms with van der Waals surface area (Å²) >= 11 is 0. The highest BCUT2D eigenvalue weighted by molar-refractivity contribution is 5.45. The Morgan fingerprint density at radius 1 is 1.33 bits per heavy atom. The molecular formula is C11H15N. The van der Waals surface area contributed by atoms with Crippen molar-refractivity contribution in [3.8, 4) is 0 Å². The normalized spacial score (nSPS) is 11.3. The molecule has 0 spiro atoms. The smallest absolute Gasteiger partial charge is 0.0379 e. The first-order valence-corrected chi connectivity index (χ1v) is 4.30. The van der Waals surface area contributed by atoms with Crippen LogP contribution < -0.4 is 5.32 Å². The largest absolute Gasteiger partial charge is 0.362 e. The van der Waals surface area contributed by atoms with E-state index in [1.807, 2.05) is 18.2 Å². The summed E-state index contributed by atoms with van der Waals surface area (Å²) in [5, 5.41) is 3.23. The van der Waals surface area contributed by atoms with Crippen LogP contribution in [0.25, 0.3) is 0 Å². The van der Waals surface area contributed by atoms with Crippen molar-refractivity contribution in [2.24, 2.45) is 0 Å². The van der Waals surface area contributed by atoms with Crippen molar-refractivity contribution in [1.29, 1.82) is 0 Å². The molecule has 1 nitrogen and oxygen atoms in total. The second kappa shape index (κ2) is 4.60. The molecular weight excluding hydrogens is 146 g/mol. The number of benzene rings is 1. The van der Waals surface area contributed by atoms with Gasteiger partial charge in [0, 0.05) is 5.69 Å². The van der Waals surface area contributed by atoms with Gasteiger partial charge in [-0.25, -0.2) is 0 Å². The number of allylic oxidation sites excluding steroid dienone is 1. The molecule has 0 heterocycles. The quantitative estimate of drug-likeness (QED) is 0.716. The number of hydrogen-bond acceptors (Lipinski definition) is 1. The van der Waals surface area contributed by atoms with Gasteiger partial charge in [-0.3, -0.25) is 0 Å². The Balaban J connectivity index is 2.54. The lowest BCUT2D eigenvalue weighted by Crippen LogP contribution is -1.88. The molecule has 1 aromatic carbocycles. The number of rotatable bonds is 3. The summed E-state index contributed by atoms with van der Waals surface area (Å²) in [7, 11) is 0. The third kappa shape index (κ3) is 2.79. The minimum atomic E-state index is 1.10. The molecule has 0 bridgehead atoms. The monoisotopic (exact) mass is 161 g/mol. The van der Waals surface area contributed by atoms with E-state index < -0.39 is 0 Å². The Labute approximate surface area is 74.1 Å². The van der Waals surface area contributed by atoms with Crippen molar-refractivity contribution in [3.63, 3.8) is 0 Å². The van der Waals surface area contributed by atoms with E-state index in [0.29, 0.717) is 0 Å². The van der Waals surface area contributed by atoms with Crippen molar-refractivity contribution in [3.05, 3.63) is 42.1 Å². The third-order valence-corrected chi connectivity index (χ3v) is 1.82. The van der Waals surface area contributed by atoms with Crippen LogP contribution in [0.15, 0.2) is 42.1 Å². The van der Waals surface area contributed by atoms with Crippen LogP contribution in [0.2, 0.25) is 0 Å². The molecule has 1 heteroatoms. The van der Waals surface area contributed by atoms with Crippen molar-refractivity contribution in [2.75, 3.05) is 5.32 Å². The van der Waals surface area contributed by atoms with Gasteiger partial charge in [-0.2, -0.15) is 0 Å². The van der Waals surface area contributed by atoms with E-state index >= 15 is 0 Å². The van der Waals surface area contributed by atoms with Gasteiger partial charge in [0.05, 0.1) is 0 Å². The van der Waals surface area contributed by atoms with Crippen LogP contribution in [0, 0.1) is 0 Å². The zero-order valence-electron chi connectivity index (χ0n) is 7.67. The van der Waals surface area contributed by atoms with E-state index in [2.05, 4.69) is 37.5 Å². The Morgan fingerprint density at radius 3 is 2.58 bits per heavy atom. The number of anilines is 1. The SMILES string of the molecule is CC/C(C)=C/Nc1ccccc1. The number of nitrogens with one attached hydrogen (secondary N) is 1. The second-order valence-electron chi connectivity index (χ2n) is 2.85. The van der Waals surface area contributed by atoms with Gasteiger partial charge in [0.2, 0.25) is 0 Å². The molecule has 0 saturated heterocycles. The van der Waals surface area contributed by atoms with Gasteiger partial charge in [0.15, 0.2) is 0 Å². The Kier molecular flexibility index (Phi) is 3.39. The van der Waals surface area contributed by atoms with Crippen LogP contribution in [0.4, 0.5) is 5.69 Å². The minimum Gasteiger partial charge on any atom is -0.362 e. The first kappa shape index (κ1) is 8.85. The molecule has 0 amide bonds. The van der Waals surface area contributed by atoms with Crippen LogP contribution in [0.1, 0.15) is 20.3 Å². The molecule has 0 unspecified atom stereocenters. The van der Waals surface area contributed by atoms with E-state index in [1.54, 1.807) is 0 Å². The Morgan fingerprint density at radius 2 is 2.00 bits per heavy atom. The van der Waals surface area contributed by atoms with Gasteiger partial charge in [0.25, 0.3) is 0 Å². The highest BCUT2D eigenvalue weighted by Crippen LogP contribution is 2.06. The molecule has 0 aliphatic carbocycles. The molecule has 0 aliphatic rings. The van der Waals surface area contributed by atoms with Gasteiger partial charge in [0.1, 0.15) is 0 Å². The maximum atomic E-state index is 3.23. The third-order valence-electron chi connectivity index (χ3n) is 1.82. The molecule has 0 fully saturated rings. The second-order valence-corrected chi connectivity index (χ2v) is 2.85. The molecule has 0 atom stereocenters. The Bertz CT molecular complexity index is 249. The molecule has 64 valence electrons. The fourth-order valence-electron chi connectivity index (χ4n) is 0.843. The van der Waals surface area contributed by atoms with Gasteiger partial charge in [-0.15, -0.1) is 0 Å². The molecule has 12 heavy (non-hydrogen) atoms. The molecule has 1 rings (SSSR count). The molecule has 0 radical (unpaired) electrons. The van der Waals surface area contributed by atoms with Crippen LogP contribution in [0.3, 0.4) is 0 Å². The highest BCUT2D eigenvalue weighted by atomic mass is 14.8. The highest BCUT2D eigenvalue weighted by Gasteiger charge is 1.85. The molecule has 1 N–H and O–H groups in total. The first-order chi connectivity index (χ1) is 5.83. The zero-order valence-corrected chi connectivity index (χ0v) is 7.67. The molecule has 1 aromatic rings. The lowest BCUT2D eigenvalue weighted by Gasteiger charge is -2.00. The summed E-state index contributed by atoms with van der Waals surface area (Å²) in [6, 6.07) is 10.2. The number of para-hydroxylation sites is 1. The van der Waals surface area contributed by atoms with E-state index in [1.165, 1.54) is 5.57 Å². The average molecular weight is 161 g/mol. The summed E-state index contributed by atoms with van der Waals surface area (Å²) in [5.41, 5.74) is 2.50. The van der Waals surface area contributed by atoms with E-state index in [-0.39, 0.29) is 0 Å². The topological polar surface area (TPSA) is 12.0 Å². The lowest BCUT2D eigenvalue weighted by molar-refractivity contribution is 1.09. The summed E-state index contributed by atoms with van der Waals surface area (Å²) in [6.45, 7) is 4.27. The fourth-order valence-corrected chi connectivity index (χ4v) is 0.843. The minimum absolute atomic E-state index is 1.10. The Hall–Kier alpha value is -1.24. The predicted molar refractivity (Wildman–Crippen MR) is 54.1 cm³/mol. The van der Waals surface area contributed by atoms with Gasteiger partial charge in [-0.05, 0) is 31.7 Å². The maximum absolute atomic E-state index is 3.23. The summed E-state index contributed by atoms with van der Waals surface area (Å²) in [6.07, 6.45) is 3.15. The fraction of sp³-hybridized carbons (Fsp3) is 0.273. The summed E-state index contributed by atoms with van der Waals surface area (Å²) < 4.78 is 0. The van der Waals surface area contributed by atoms with Crippen LogP contribution in [-0.2, 0) is 0 Å². The average Bonchev–Trinajstić information content (AvgIpc) is 2.16. The van der Waals surface area contributed by atoms with Crippen molar-refractivity contribution >= 4 is 5.69 Å². The standard InChI is InChI=1S/C11H15N/c1-3-10(2)9-12-11-7-5-4-6-8-11/h4-9,12H,3H2,1-2H3/b10-9+. The molecule has 0 aromatic heterocycles. The van der Waals surface area contributed by atoms with E-state index in [4.69, 9.17) is 0 Å². The van der Waals surface area contributed by atoms with Crippen molar-refractivity contribution < 1.29 is 0 Å². The lowest BCUT2D eigenvalue weighted by atomic mass is 10.2. The number of hydrogen-bond donors (Lipinski definition) is 1. The molecule has 0 saturated carbocycles. The van der Waals surface area contributed by atoms with Crippen LogP contribution >= 0.6 is 0 Å². The maximum Gasteiger partial charge on any atom is 0.0379 e. The predicted octanol–water partition coefficient (Wildman–Crippen LogP) is 3.41. The van der Waals surface area contributed by atoms with Gasteiger partial charge in [-0.1, -0.05) is 30.7 Å². The van der Waals surface area contributed by atoms with Crippen LogP contribution in [0.5, 0.6) is 0 Å². The summed E-state index contributed by atoms with van der Waals surface area (Å²) in [5.74, 6) is 0. The van der Waals surface area contributed by atoms with Crippen molar-refractivity contribution in [1.82, 2.24) is 0 Å². The van der Waals surface area contributed by atoms with Gasteiger partial charge >= 0.3 is 0 Å². The molecule has 0 aliphatic heterocycles. The van der Waals surface area contributed by atoms with Crippen LogP contribution in [-0.4, -0.2) is 0 Å². The van der Waals surface area contributed by atoms with Gasteiger partial charge < -0.3 is 5.32 Å². The first-order valence-electron chi connectivity index (χ1n) is 4.30. The van der Waals surface area contributed by atoms with E-state index in [9.17, 15) is 0 Å². The van der Waals surface area contributed by atoms with E-state index in [0.717, 1.165) is 12.1 Å². The van der Waals surface area contributed by atoms with Crippen molar-refractivity contribution in [2.45, 2.75) is 20.3 Å².